The number of fused-ring (bicyclic) bond motifs is 1. The van der Waals surface area contributed by atoms with Crippen LogP contribution in [0, 0.1) is 23.2 Å². The van der Waals surface area contributed by atoms with Crippen molar-refractivity contribution in [1.82, 2.24) is 4.57 Å². The number of hydrogen-bond donors (Lipinski definition) is 0. The van der Waals surface area contributed by atoms with Crippen molar-refractivity contribution >= 4 is 23.1 Å². The first-order chi connectivity index (χ1) is 17.4. The van der Waals surface area contributed by atoms with Crippen LogP contribution in [0.4, 0.5) is 5.69 Å². The van der Waals surface area contributed by atoms with E-state index in [4.69, 9.17) is 19.2 Å². The number of rotatable bonds is 8. The zero-order valence-corrected chi connectivity index (χ0v) is 21.3. The molecule has 2 fully saturated rings. The second-order valence-electron chi connectivity index (χ2n) is 10.2. The normalized spacial score (nSPS) is 23.0. The van der Waals surface area contributed by atoms with Gasteiger partial charge in [0, 0.05) is 32.0 Å². The number of aliphatic imine (C=N–C) groups is 1. The minimum Gasteiger partial charge on any atom is -0.497 e. The summed E-state index contributed by atoms with van der Waals surface area (Å²) in [7, 11) is 4.74. The molecular formula is C28H32N4O4. The lowest BCUT2D eigenvalue weighted by molar-refractivity contribution is -0.133. The second kappa shape index (κ2) is 9.47. The molecule has 0 spiro atoms. The lowest BCUT2D eigenvalue weighted by Crippen LogP contribution is -2.49. The molecule has 188 valence electrons. The predicted molar refractivity (Wildman–Crippen MR) is 137 cm³/mol. The second-order valence-corrected chi connectivity index (χ2v) is 10.2. The van der Waals surface area contributed by atoms with Gasteiger partial charge in [-0.1, -0.05) is 0 Å². The Morgan fingerprint density at radius 1 is 1.14 bits per heavy atom. The van der Waals surface area contributed by atoms with Gasteiger partial charge in [0.2, 0.25) is 0 Å². The fraction of sp³-hybridized carbons (Fsp3) is 0.464. The molecule has 2 saturated carbocycles. The van der Waals surface area contributed by atoms with Crippen molar-refractivity contribution < 1.29 is 19.0 Å². The Morgan fingerprint density at radius 3 is 2.56 bits per heavy atom. The number of hydrogen-bond acceptors (Lipinski definition) is 7. The minimum atomic E-state index is -0.462. The Hall–Kier alpha value is -3.57. The Morgan fingerprint density at radius 2 is 1.92 bits per heavy atom. The van der Waals surface area contributed by atoms with E-state index in [0.717, 1.165) is 30.8 Å². The molecule has 0 N–H and O–H groups in total. The number of aromatic nitrogens is 1. The average Bonchev–Trinajstić information content (AvgIpc) is 3.63. The van der Waals surface area contributed by atoms with Gasteiger partial charge in [0.25, 0.3) is 0 Å². The van der Waals surface area contributed by atoms with Crippen molar-refractivity contribution in [2.24, 2.45) is 16.8 Å². The third kappa shape index (κ3) is 4.40. The molecule has 2 heterocycles. The first-order valence-corrected chi connectivity index (χ1v) is 12.4. The molecule has 2 aromatic rings. The smallest absolute Gasteiger partial charge is 0.340 e. The minimum absolute atomic E-state index is 0.119. The number of amidine groups is 1. The van der Waals surface area contributed by atoms with Gasteiger partial charge in [-0.05, 0) is 74.8 Å². The van der Waals surface area contributed by atoms with E-state index in [-0.39, 0.29) is 5.60 Å². The molecule has 1 aromatic carbocycles. The number of benzene rings is 1. The van der Waals surface area contributed by atoms with Gasteiger partial charge in [-0.3, -0.25) is 0 Å². The predicted octanol–water partition coefficient (Wildman–Crippen LogP) is 4.37. The van der Waals surface area contributed by atoms with E-state index in [1.54, 1.807) is 20.4 Å². The van der Waals surface area contributed by atoms with Gasteiger partial charge in [0.15, 0.2) is 5.84 Å². The molecule has 0 atom stereocenters. The van der Waals surface area contributed by atoms with E-state index in [1.807, 2.05) is 30.3 Å². The van der Waals surface area contributed by atoms with Crippen LogP contribution in [0.25, 0.3) is 5.57 Å². The van der Waals surface area contributed by atoms with Gasteiger partial charge in [-0.15, -0.1) is 0 Å². The fourth-order valence-electron chi connectivity index (χ4n) is 5.37. The van der Waals surface area contributed by atoms with Crippen LogP contribution in [0.5, 0.6) is 5.75 Å². The average molecular weight is 489 g/mol. The van der Waals surface area contributed by atoms with Crippen LogP contribution < -0.4 is 9.64 Å². The maximum absolute atomic E-state index is 12.8. The van der Waals surface area contributed by atoms with Crippen molar-refractivity contribution in [2.45, 2.75) is 44.8 Å². The highest BCUT2D eigenvalue weighted by atomic mass is 16.5. The summed E-state index contributed by atoms with van der Waals surface area (Å²) >= 11 is 0. The molecule has 0 radical (unpaired) electrons. The van der Waals surface area contributed by atoms with Gasteiger partial charge in [-0.2, -0.15) is 5.26 Å². The zero-order chi connectivity index (χ0) is 25.4. The largest absolute Gasteiger partial charge is 0.497 e. The quantitative estimate of drug-likeness (QED) is 0.513. The Balaban J connectivity index is 1.64. The fourth-order valence-corrected chi connectivity index (χ4v) is 5.37. The first-order valence-electron chi connectivity index (χ1n) is 12.4. The van der Waals surface area contributed by atoms with Crippen LogP contribution in [0.1, 0.15) is 49.6 Å². The number of ether oxygens (including phenoxy) is 3. The lowest BCUT2D eigenvalue weighted by atomic mass is 9.71. The van der Waals surface area contributed by atoms with Gasteiger partial charge in [0.05, 0.1) is 36.8 Å². The monoisotopic (exact) mass is 488 g/mol. The summed E-state index contributed by atoms with van der Waals surface area (Å²) in [5, 5.41) is 9.80. The highest BCUT2D eigenvalue weighted by Crippen LogP contribution is 2.43. The number of methoxy groups -OCH3 is 3. The van der Waals surface area contributed by atoms with Gasteiger partial charge < -0.3 is 23.7 Å². The molecule has 2 aliphatic carbocycles. The van der Waals surface area contributed by atoms with Crippen LogP contribution >= 0.6 is 0 Å². The summed E-state index contributed by atoms with van der Waals surface area (Å²) in [6.45, 7) is 3.62. The van der Waals surface area contributed by atoms with Crippen LogP contribution in [-0.2, 0) is 20.8 Å². The number of nitrogens with zero attached hydrogens (tertiary/aromatic N) is 4. The number of carbonyl (C=O) groups excluding carboxylic acids is 1. The highest BCUT2D eigenvalue weighted by molar-refractivity contribution is 6.22. The third-order valence-corrected chi connectivity index (χ3v) is 7.60. The van der Waals surface area contributed by atoms with Crippen molar-refractivity contribution in [3.8, 4) is 11.8 Å². The molecule has 8 nitrogen and oxygen atoms in total. The molecule has 36 heavy (non-hydrogen) atoms. The molecule has 0 bridgehead atoms. The topological polar surface area (TPSA) is 89.1 Å². The lowest BCUT2D eigenvalue weighted by Gasteiger charge is -2.46. The summed E-state index contributed by atoms with van der Waals surface area (Å²) in [5.41, 5.74) is 3.29. The molecule has 5 rings (SSSR count). The number of nitriles is 1. The summed E-state index contributed by atoms with van der Waals surface area (Å²) in [5.74, 6) is 1.86. The molecular weight excluding hydrogens is 456 g/mol. The molecule has 1 aromatic heterocycles. The van der Waals surface area contributed by atoms with Crippen molar-refractivity contribution in [1.29, 1.82) is 5.26 Å². The molecule has 0 unspecified atom stereocenters. The third-order valence-electron chi connectivity index (χ3n) is 7.60. The molecule has 8 heteroatoms. The highest BCUT2D eigenvalue weighted by Gasteiger charge is 2.42. The standard InChI is InChI=1S/C28H32N4O4/c1-28(36-4)12-19(13-28)17-32-24-10-8-21(34-2)11-22(24)23(27(33)35-3)15-30-26(32)25-9-7-20(14-29)31(25)16-18-5-6-18/h7-11,15,18-19H,5-6,12-13,16-17H2,1-4H3. The molecule has 3 aliphatic rings. The summed E-state index contributed by atoms with van der Waals surface area (Å²) in [6.07, 6.45) is 5.79. The first kappa shape index (κ1) is 24.1. The van der Waals surface area contributed by atoms with Crippen molar-refractivity contribution in [3.05, 3.63) is 53.5 Å². The van der Waals surface area contributed by atoms with E-state index in [1.165, 1.54) is 20.0 Å². The van der Waals surface area contributed by atoms with Crippen molar-refractivity contribution in [3.63, 3.8) is 0 Å². The molecule has 1 aliphatic heterocycles. The summed E-state index contributed by atoms with van der Waals surface area (Å²) < 4.78 is 18.4. The SMILES string of the molecule is COC(=O)C1=CN=C(c2ccc(C#N)n2CC2CC2)N(CC2CC(C)(OC)C2)c2ccc(OC)cc21. The number of carbonyl (C=O) groups is 1. The summed E-state index contributed by atoms with van der Waals surface area (Å²) in [4.78, 5) is 19.9. The van der Waals surface area contributed by atoms with E-state index in [0.29, 0.717) is 46.8 Å². The maximum Gasteiger partial charge on any atom is 0.340 e. The van der Waals surface area contributed by atoms with Gasteiger partial charge in [0.1, 0.15) is 17.5 Å². The number of anilines is 1. The van der Waals surface area contributed by atoms with Crippen LogP contribution in [0.3, 0.4) is 0 Å². The Labute approximate surface area is 211 Å². The maximum atomic E-state index is 12.8. The van der Waals surface area contributed by atoms with Crippen molar-refractivity contribution in [2.75, 3.05) is 32.8 Å². The van der Waals surface area contributed by atoms with Gasteiger partial charge in [-0.25, -0.2) is 9.79 Å². The zero-order valence-electron chi connectivity index (χ0n) is 21.3. The van der Waals surface area contributed by atoms with E-state index in [9.17, 15) is 10.1 Å². The molecule has 0 amide bonds. The van der Waals surface area contributed by atoms with Crippen LogP contribution in [0.2, 0.25) is 0 Å². The Kier molecular flexibility index (Phi) is 6.35. The Bertz CT molecular complexity index is 1270. The van der Waals surface area contributed by atoms with Crippen LogP contribution in [-0.4, -0.2) is 49.8 Å². The number of esters is 1. The summed E-state index contributed by atoms with van der Waals surface area (Å²) in [6, 6.07) is 11.9. The van der Waals surface area contributed by atoms with E-state index in [2.05, 4.69) is 22.5 Å². The van der Waals surface area contributed by atoms with E-state index < -0.39 is 5.97 Å². The van der Waals surface area contributed by atoms with E-state index >= 15 is 0 Å². The van der Waals surface area contributed by atoms with Crippen LogP contribution in [0.15, 0.2) is 41.5 Å². The van der Waals surface area contributed by atoms with Gasteiger partial charge >= 0.3 is 5.97 Å². The molecule has 0 saturated heterocycles.